The highest BCUT2D eigenvalue weighted by Gasteiger charge is 1.99. The first-order valence-electron chi connectivity index (χ1n) is 5.81. The molecule has 0 saturated carbocycles. The van der Waals surface area contributed by atoms with E-state index in [1.54, 1.807) is 19.7 Å². The van der Waals surface area contributed by atoms with Crippen molar-refractivity contribution in [2.24, 2.45) is 0 Å². The molecule has 0 spiro atoms. The molecule has 0 amide bonds. The van der Waals surface area contributed by atoms with Gasteiger partial charge in [0.25, 0.3) is 0 Å². The Labute approximate surface area is 145 Å². The average Bonchev–Trinajstić information content (AvgIpc) is 2.43. The van der Waals surface area contributed by atoms with Crippen LogP contribution < -0.4 is 0 Å². The van der Waals surface area contributed by atoms with Crippen molar-refractivity contribution in [3.8, 4) is 0 Å². The Kier molecular flexibility index (Phi) is 7.92. The molecule has 0 aliphatic carbocycles. The molecule has 0 aromatic heterocycles. The first-order chi connectivity index (χ1) is 9.74. The Morgan fingerprint density at radius 3 is 1.55 bits per heavy atom. The van der Waals surface area contributed by atoms with E-state index in [0.717, 1.165) is 21.6 Å². The second-order valence-electron chi connectivity index (χ2n) is 3.92. The molecular weight excluding hydrogens is 367 g/mol. The highest BCUT2D eigenvalue weighted by atomic mass is 35.5. The Balaban J connectivity index is 1.60. The van der Waals surface area contributed by atoms with Crippen molar-refractivity contribution in [3.63, 3.8) is 0 Å². The molecular formula is C14H12Cl2S4. The minimum atomic E-state index is 0.802. The van der Waals surface area contributed by atoms with E-state index in [1.807, 2.05) is 58.0 Å². The fourth-order valence-corrected chi connectivity index (χ4v) is 7.74. The van der Waals surface area contributed by atoms with Crippen LogP contribution in [0.1, 0.15) is 11.1 Å². The monoisotopic (exact) mass is 378 g/mol. The van der Waals surface area contributed by atoms with Gasteiger partial charge in [-0.2, -0.15) is 0 Å². The van der Waals surface area contributed by atoms with Gasteiger partial charge in [0, 0.05) is 21.6 Å². The van der Waals surface area contributed by atoms with Crippen LogP contribution in [0.4, 0.5) is 0 Å². The van der Waals surface area contributed by atoms with Crippen molar-refractivity contribution in [3.05, 3.63) is 69.7 Å². The van der Waals surface area contributed by atoms with Crippen LogP contribution in [-0.4, -0.2) is 0 Å². The van der Waals surface area contributed by atoms with Crippen molar-refractivity contribution in [1.29, 1.82) is 0 Å². The molecule has 20 heavy (non-hydrogen) atoms. The minimum Gasteiger partial charge on any atom is -0.0843 e. The van der Waals surface area contributed by atoms with Crippen molar-refractivity contribution < 1.29 is 0 Å². The fraction of sp³-hybridized carbons (Fsp3) is 0.143. The molecule has 0 heterocycles. The molecule has 0 bridgehead atoms. The molecule has 0 fully saturated rings. The maximum atomic E-state index is 5.95. The second kappa shape index (κ2) is 9.44. The van der Waals surface area contributed by atoms with E-state index in [-0.39, 0.29) is 0 Å². The summed E-state index contributed by atoms with van der Waals surface area (Å²) >= 11 is 11.9. The summed E-state index contributed by atoms with van der Waals surface area (Å²) in [4.78, 5) is 0. The van der Waals surface area contributed by atoms with Crippen LogP contribution in [0, 0.1) is 0 Å². The minimum absolute atomic E-state index is 0.802. The van der Waals surface area contributed by atoms with Crippen LogP contribution in [-0.2, 0) is 11.5 Å². The van der Waals surface area contributed by atoms with E-state index in [9.17, 15) is 0 Å². The van der Waals surface area contributed by atoms with Gasteiger partial charge >= 0.3 is 0 Å². The summed E-state index contributed by atoms with van der Waals surface area (Å²) in [6.07, 6.45) is 0. The lowest BCUT2D eigenvalue weighted by molar-refractivity contribution is 1.43. The SMILES string of the molecule is Clc1cccc(CSSSSCc2cccc(Cl)c2)c1. The van der Waals surface area contributed by atoms with Crippen molar-refractivity contribution in [2.45, 2.75) is 11.5 Å². The highest BCUT2D eigenvalue weighted by molar-refractivity contribution is 9.25. The van der Waals surface area contributed by atoms with Crippen molar-refractivity contribution in [2.75, 3.05) is 0 Å². The van der Waals surface area contributed by atoms with Gasteiger partial charge in [-0.05, 0) is 55.0 Å². The first-order valence-corrected chi connectivity index (χ1v) is 11.7. The number of hydrogen-bond acceptors (Lipinski definition) is 4. The lowest BCUT2D eigenvalue weighted by atomic mass is 10.2. The van der Waals surface area contributed by atoms with Crippen LogP contribution in [0.15, 0.2) is 48.5 Å². The smallest absolute Gasteiger partial charge is 0.0409 e. The molecule has 106 valence electrons. The number of halogens is 2. The van der Waals surface area contributed by atoms with Gasteiger partial charge in [-0.3, -0.25) is 0 Å². The summed E-state index contributed by atoms with van der Waals surface area (Å²) in [6, 6.07) is 16.0. The largest absolute Gasteiger partial charge is 0.0843 e. The second-order valence-corrected chi connectivity index (χ2v) is 10.8. The normalized spacial score (nSPS) is 10.7. The molecule has 0 unspecified atom stereocenters. The molecule has 2 aromatic rings. The molecule has 2 aromatic carbocycles. The molecule has 0 radical (unpaired) electrons. The van der Waals surface area contributed by atoms with Gasteiger partial charge in [0.15, 0.2) is 0 Å². The van der Waals surface area contributed by atoms with Gasteiger partial charge in [0.05, 0.1) is 0 Å². The first kappa shape index (κ1) is 16.8. The number of hydrogen-bond donors (Lipinski definition) is 0. The lowest BCUT2D eigenvalue weighted by Crippen LogP contribution is -1.77. The molecule has 2 rings (SSSR count). The van der Waals surface area contributed by atoms with E-state index in [2.05, 4.69) is 12.1 Å². The fourth-order valence-electron chi connectivity index (χ4n) is 1.48. The van der Waals surface area contributed by atoms with E-state index < -0.39 is 0 Å². The van der Waals surface area contributed by atoms with Crippen LogP contribution in [0.5, 0.6) is 0 Å². The van der Waals surface area contributed by atoms with Gasteiger partial charge in [-0.15, -0.1) is 0 Å². The van der Waals surface area contributed by atoms with Gasteiger partial charge in [0.2, 0.25) is 0 Å². The summed E-state index contributed by atoms with van der Waals surface area (Å²) in [6.45, 7) is 0. The quantitative estimate of drug-likeness (QED) is 0.363. The Morgan fingerprint density at radius 1 is 0.700 bits per heavy atom. The maximum absolute atomic E-state index is 5.95. The maximum Gasteiger partial charge on any atom is 0.0409 e. The zero-order chi connectivity index (χ0) is 14.2. The summed E-state index contributed by atoms with van der Waals surface area (Å²) < 4.78 is 0. The Morgan fingerprint density at radius 2 is 1.15 bits per heavy atom. The molecule has 0 saturated heterocycles. The Hall–Kier alpha value is 0.420. The predicted octanol–water partition coefficient (Wildman–Crippen LogP) is 7.37. The summed E-state index contributed by atoms with van der Waals surface area (Å²) in [5, 5.41) is 1.60. The van der Waals surface area contributed by atoms with E-state index in [0.29, 0.717) is 0 Å². The topological polar surface area (TPSA) is 0 Å². The third kappa shape index (κ3) is 6.46. The summed E-state index contributed by atoms with van der Waals surface area (Å²) in [7, 11) is 7.25. The van der Waals surface area contributed by atoms with Crippen molar-refractivity contribution in [1.82, 2.24) is 0 Å². The number of benzene rings is 2. The van der Waals surface area contributed by atoms with Crippen LogP contribution >= 0.6 is 64.4 Å². The van der Waals surface area contributed by atoms with Gasteiger partial charge in [-0.25, -0.2) is 0 Å². The lowest BCUT2D eigenvalue weighted by Gasteiger charge is -2.02. The number of rotatable bonds is 7. The van der Waals surface area contributed by atoms with E-state index >= 15 is 0 Å². The van der Waals surface area contributed by atoms with Gasteiger partial charge in [-0.1, -0.05) is 69.1 Å². The van der Waals surface area contributed by atoms with Crippen LogP contribution in [0.3, 0.4) is 0 Å². The van der Waals surface area contributed by atoms with Crippen LogP contribution in [0.2, 0.25) is 10.0 Å². The average molecular weight is 379 g/mol. The third-order valence-electron chi connectivity index (χ3n) is 2.35. The highest BCUT2D eigenvalue weighted by Crippen LogP contribution is 2.45. The standard InChI is InChI=1S/C14H12Cl2S4/c15-13-5-1-3-11(7-13)9-17-19-20-18-10-12-4-2-6-14(16)8-12/h1-8H,9-10H2. The van der Waals surface area contributed by atoms with Crippen molar-refractivity contribution >= 4 is 64.4 Å². The zero-order valence-corrected chi connectivity index (χ0v) is 15.2. The van der Waals surface area contributed by atoms with Gasteiger partial charge < -0.3 is 0 Å². The Bertz CT molecular complexity index is 499. The molecule has 0 aliphatic heterocycles. The molecule has 0 N–H and O–H groups in total. The molecule has 0 nitrogen and oxygen atoms in total. The third-order valence-corrected chi connectivity index (χ3v) is 9.16. The molecule has 6 heteroatoms. The van der Waals surface area contributed by atoms with Gasteiger partial charge in [0.1, 0.15) is 0 Å². The van der Waals surface area contributed by atoms with Crippen LogP contribution in [0.25, 0.3) is 0 Å². The van der Waals surface area contributed by atoms with E-state index in [1.165, 1.54) is 11.1 Å². The molecule has 0 aliphatic rings. The summed E-state index contributed by atoms with van der Waals surface area (Å²) in [5.74, 6) is 1.94. The predicted molar refractivity (Wildman–Crippen MR) is 101 cm³/mol. The molecule has 0 atom stereocenters. The van der Waals surface area contributed by atoms with E-state index in [4.69, 9.17) is 23.2 Å². The summed E-state index contributed by atoms with van der Waals surface area (Å²) in [5.41, 5.74) is 2.52. The zero-order valence-electron chi connectivity index (χ0n) is 10.4.